The number of thiazole rings is 1. The van der Waals surface area contributed by atoms with Gasteiger partial charge < -0.3 is 5.73 Å². The molecule has 5 heteroatoms. The minimum absolute atomic E-state index is 0.513. The predicted molar refractivity (Wildman–Crippen MR) is 74.5 cm³/mol. The van der Waals surface area contributed by atoms with Crippen molar-refractivity contribution >= 4 is 28.1 Å². The SMILES string of the molecule is Cc1nc(-c2nc(N)c3c(C)cccc3n2)cs1. The highest BCUT2D eigenvalue weighted by molar-refractivity contribution is 7.09. The standard InChI is InChI=1S/C13H12N4S/c1-7-4-3-5-9-11(7)12(14)17-13(16-9)10-6-18-8(2)15-10/h3-6H,1-2H3,(H2,14,16,17). The molecule has 2 aromatic heterocycles. The number of aryl methyl sites for hydroxylation is 2. The largest absolute Gasteiger partial charge is 0.383 e. The Kier molecular flexibility index (Phi) is 2.48. The lowest BCUT2D eigenvalue weighted by Gasteiger charge is -2.05. The molecule has 0 fully saturated rings. The van der Waals surface area contributed by atoms with E-state index in [0.29, 0.717) is 11.6 Å². The second-order valence-electron chi connectivity index (χ2n) is 4.15. The van der Waals surface area contributed by atoms with Crippen LogP contribution in [0.2, 0.25) is 0 Å². The molecule has 0 aliphatic rings. The predicted octanol–water partition coefficient (Wildman–Crippen LogP) is 2.95. The first-order valence-electron chi connectivity index (χ1n) is 5.60. The summed E-state index contributed by atoms with van der Waals surface area (Å²) in [4.78, 5) is 13.3. The van der Waals surface area contributed by atoms with Crippen LogP contribution in [0.4, 0.5) is 5.82 Å². The molecule has 2 N–H and O–H groups in total. The number of aromatic nitrogens is 3. The summed E-state index contributed by atoms with van der Waals surface area (Å²) in [6.07, 6.45) is 0. The molecule has 0 aliphatic heterocycles. The van der Waals surface area contributed by atoms with Gasteiger partial charge in [0.05, 0.1) is 10.5 Å². The van der Waals surface area contributed by atoms with E-state index in [1.807, 2.05) is 37.4 Å². The van der Waals surface area contributed by atoms with Crippen LogP contribution in [0.15, 0.2) is 23.6 Å². The van der Waals surface area contributed by atoms with E-state index >= 15 is 0 Å². The van der Waals surface area contributed by atoms with Crippen molar-refractivity contribution in [2.24, 2.45) is 0 Å². The van der Waals surface area contributed by atoms with Gasteiger partial charge in [0.2, 0.25) is 0 Å². The fourth-order valence-corrected chi connectivity index (χ4v) is 2.56. The molecule has 0 atom stereocenters. The molecule has 1 aromatic carbocycles. The Morgan fingerprint density at radius 3 is 2.67 bits per heavy atom. The van der Waals surface area contributed by atoms with Gasteiger partial charge in [-0.1, -0.05) is 12.1 Å². The smallest absolute Gasteiger partial charge is 0.181 e. The van der Waals surface area contributed by atoms with Crippen LogP contribution in [0, 0.1) is 13.8 Å². The molecule has 0 saturated carbocycles. The molecule has 0 unspecified atom stereocenters. The lowest BCUT2D eigenvalue weighted by atomic mass is 10.1. The first-order valence-corrected chi connectivity index (χ1v) is 6.48. The molecule has 18 heavy (non-hydrogen) atoms. The van der Waals surface area contributed by atoms with Gasteiger partial charge in [0.25, 0.3) is 0 Å². The Morgan fingerprint density at radius 2 is 1.94 bits per heavy atom. The fraction of sp³-hybridized carbons (Fsp3) is 0.154. The number of benzene rings is 1. The summed E-state index contributed by atoms with van der Waals surface area (Å²) in [6.45, 7) is 3.97. The van der Waals surface area contributed by atoms with Crippen LogP contribution in [0.5, 0.6) is 0 Å². The van der Waals surface area contributed by atoms with Gasteiger partial charge in [-0.2, -0.15) is 0 Å². The Balaban J connectivity index is 2.28. The van der Waals surface area contributed by atoms with Gasteiger partial charge in [-0.3, -0.25) is 0 Å². The second-order valence-corrected chi connectivity index (χ2v) is 5.22. The normalized spacial score (nSPS) is 11.0. The van der Waals surface area contributed by atoms with Crippen molar-refractivity contribution in [3.05, 3.63) is 34.2 Å². The van der Waals surface area contributed by atoms with Crippen LogP contribution in [-0.4, -0.2) is 15.0 Å². The Bertz CT molecular complexity index is 733. The van der Waals surface area contributed by atoms with Gasteiger partial charge in [0.1, 0.15) is 11.5 Å². The number of rotatable bonds is 1. The van der Waals surface area contributed by atoms with E-state index in [4.69, 9.17) is 5.73 Å². The molecular formula is C13H12N4S. The van der Waals surface area contributed by atoms with Gasteiger partial charge in [-0.15, -0.1) is 11.3 Å². The maximum absolute atomic E-state index is 6.03. The zero-order chi connectivity index (χ0) is 12.7. The minimum Gasteiger partial charge on any atom is -0.383 e. The summed E-state index contributed by atoms with van der Waals surface area (Å²) in [5, 5.41) is 3.87. The van der Waals surface area contributed by atoms with E-state index in [2.05, 4.69) is 15.0 Å². The van der Waals surface area contributed by atoms with Crippen molar-refractivity contribution in [1.29, 1.82) is 0 Å². The lowest BCUT2D eigenvalue weighted by molar-refractivity contribution is 1.18. The van der Waals surface area contributed by atoms with Gasteiger partial charge in [-0.25, -0.2) is 15.0 Å². The molecule has 0 aliphatic carbocycles. The van der Waals surface area contributed by atoms with Crippen molar-refractivity contribution in [3.63, 3.8) is 0 Å². The molecule has 0 saturated heterocycles. The van der Waals surface area contributed by atoms with E-state index in [9.17, 15) is 0 Å². The molecular weight excluding hydrogens is 244 g/mol. The lowest BCUT2D eigenvalue weighted by Crippen LogP contribution is -1.99. The number of fused-ring (bicyclic) bond motifs is 1. The molecule has 4 nitrogen and oxygen atoms in total. The van der Waals surface area contributed by atoms with Gasteiger partial charge in [0.15, 0.2) is 5.82 Å². The number of hydrogen-bond donors (Lipinski definition) is 1. The van der Waals surface area contributed by atoms with Crippen molar-refractivity contribution < 1.29 is 0 Å². The number of nitrogens with two attached hydrogens (primary N) is 1. The summed E-state index contributed by atoms with van der Waals surface area (Å²) in [7, 11) is 0. The quantitative estimate of drug-likeness (QED) is 0.727. The van der Waals surface area contributed by atoms with Gasteiger partial charge >= 0.3 is 0 Å². The molecule has 0 bridgehead atoms. The van der Waals surface area contributed by atoms with Crippen molar-refractivity contribution in [2.75, 3.05) is 5.73 Å². The summed E-state index contributed by atoms with van der Waals surface area (Å²) in [6, 6.07) is 5.93. The van der Waals surface area contributed by atoms with Crippen LogP contribution < -0.4 is 5.73 Å². The zero-order valence-corrected chi connectivity index (χ0v) is 11.0. The Morgan fingerprint density at radius 1 is 1.11 bits per heavy atom. The monoisotopic (exact) mass is 256 g/mol. The summed E-state index contributed by atoms with van der Waals surface area (Å²) < 4.78 is 0. The number of hydrogen-bond acceptors (Lipinski definition) is 5. The van der Waals surface area contributed by atoms with E-state index in [1.165, 1.54) is 0 Å². The van der Waals surface area contributed by atoms with E-state index in [1.54, 1.807) is 11.3 Å². The summed E-state index contributed by atoms with van der Waals surface area (Å²) >= 11 is 1.58. The topological polar surface area (TPSA) is 64.7 Å². The fourth-order valence-electron chi connectivity index (χ4n) is 1.97. The van der Waals surface area contributed by atoms with E-state index in [0.717, 1.165) is 27.2 Å². The Hall–Kier alpha value is -2.01. The number of nitrogens with zero attached hydrogens (tertiary/aromatic N) is 3. The molecule has 0 radical (unpaired) electrons. The average molecular weight is 256 g/mol. The second kappa shape index (κ2) is 4.03. The summed E-state index contributed by atoms with van der Waals surface area (Å²) in [5.41, 5.74) is 8.76. The molecule has 0 amide bonds. The molecule has 0 spiro atoms. The first kappa shape index (κ1) is 11.1. The molecule has 2 heterocycles. The van der Waals surface area contributed by atoms with Crippen LogP contribution in [0.3, 0.4) is 0 Å². The molecule has 3 aromatic rings. The third kappa shape index (κ3) is 1.73. The van der Waals surface area contributed by atoms with E-state index < -0.39 is 0 Å². The van der Waals surface area contributed by atoms with Crippen molar-refractivity contribution in [3.8, 4) is 11.5 Å². The zero-order valence-electron chi connectivity index (χ0n) is 10.1. The minimum atomic E-state index is 0.513. The van der Waals surface area contributed by atoms with Crippen LogP contribution in [-0.2, 0) is 0 Å². The van der Waals surface area contributed by atoms with Crippen molar-refractivity contribution in [1.82, 2.24) is 15.0 Å². The van der Waals surface area contributed by atoms with Gasteiger partial charge in [0, 0.05) is 10.8 Å². The number of anilines is 1. The summed E-state index contributed by atoms with van der Waals surface area (Å²) in [5.74, 6) is 1.11. The average Bonchev–Trinajstić information content (AvgIpc) is 2.75. The maximum Gasteiger partial charge on any atom is 0.181 e. The highest BCUT2D eigenvalue weighted by atomic mass is 32.1. The van der Waals surface area contributed by atoms with Crippen molar-refractivity contribution in [2.45, 2.75) is 13.8 Å². The Labute approximate surface area is 109 Å². The van der Waals surface area contributed by atoms with Gasteiger partial charge in [-0.05, 0) is 25.5 Å². The van der Waals surface area contributed by atoms with E-state index in [-0.39, 0.29) is 0 Å². The maximum atomic E-state index is 6.03. The highest BCUT2D eigenvalue weighted by Crippen LogP contribution is 2.26. The van der Waals surface area contributed by atoms with Crippen LogP contribution >= 0.6 is 11.3 Å². The molecule has 90 valence electrons. The number of nitrogen functional groups attached to an aromatic ring is 1. The third-order valence-electron chi connectivity index (χ3n) is 2.81. The highest BCUT2D eigenvalue weighted by Gasteiger charge is 2.10. The van der Waals surface area contributed by atoms with Crippen LogP contribution in [0.25, 0.3) is 22.4 Å². The third-order valence-corrected chi connectivity index (χ3v) is 3.58. The first-order chi connectivity index (χ1) is 8.65. The molecule has 3 rings (SSSR count). The van der Waals surface area contributed by atoms with Crippen LogP contribution in [0.1, 0.15) is 10.6 Å².